The van der Waals surface area contributed by atoms with Gasteiger partial charge in [-0.2, -0.15) is 4.31 Å². The average molecular weight is 341 g/mol. The van der Waals surface area contributed by atoms with Gasteiger partial charge in [-0.1, -0.05) is 15.9 Å². The highest BCUT2D eigenvalue weighted by Gasteiger charge is 2.31. The van der Waals surface area contributed by atoms with Crippen LogP contribution in [0.2, 0.25) is 0 Å². The van der Waals surface area contributed by atoms with Crippen LogP contribution in [0.1, 0.15) is 5.01 Å². The molecule has 8 heteroatoms. The Morgan fingerprint density at radius 3 is 3.06 bits per heavy atom. The van der Waals surface area contributed by atoms with Gasteiger partial charge in [0.25, 0.3) is 10.0 Å². The summed E-state index contributed by atoms with van der Waals surface area (Å²) < 4.78 is 31.8. The first-order valence-electron chi connectivity index (χ1n) is 5.14. The van der Waals surface area contributed by atoms with E-state index in [1.807, 2.05) is 0 Å². The molecule has 1 aromatic heterocycles. The number of nitrogens with zero attached hydrogens (tertiary/aromatic N) is 2. The number of halogens is 1. The van der Waals surface area contributed by atoms with Crippen molar-refractivity contribution in [3.05, 3.63) is 11.2 Å². The van der Waals surface area contributed by atoms with E-state index in [4.69, 9.17) is 4.74 Å². The zero-order valence-electron chi connectivity index (χ0n) is 9.30. The molecule has 0 bridgehead atoms. The molecule has 5 nitrogen and oxygen atoms in total. The van der Waals surface area contributed by atoms with Gasteiger partial charge < -0.3 is 4.74 Å². The van der Waals surface area contributed by atoms with E-state index in [1.54, 1.807) is 6.92 Å². The molecular formula is C9H13BrN2O3S2. The van der Waals surface area contributed by atoms with Crippen molar-refractivity contribution in [2.24, 2.45) is 0 Å². The molecule has 1 fully saturated rings. The molecule has 2 rings (SSSR count). The maximum Gasteiger partial charge on any atom is 0.254 e. The lowest BCUT2D eigenvalue weighted by molar-refractivity contribution is 0.0137. The second kappa shape index (κ2) is 5.31. The third kappa shape index (κ3) is 2.87. The predicted molar refractivity (Wildman–Crippen MR) is 69.1 cm³/mol. The Kier molecular flexibility index (Phi) is 4.19. The molecule has 1 atom stereocenters. The normalized spacial score (nSPS) is 22.8. The van der Waals surface area contributed by atoms with Crippen LogP contribution < -0.4 is 0 Å². The quantitative estimate of drug-likeness (QED) is 0.776. The Balaban J connectivity index is 2.21. The number of aryl methyl sites for hydroxylation is 1. The molecule has 1 saturated heterocycles. The molecule has 0 radical (unpaired) electrons. The monoisotopic (exact) mass is 340 g/mol. The van der Waals surface area contributed by atoms with Crippen LogP contribution in [0.3, 0.4) is 0 Å². The number of ether oxygens (including phenoxy) is 1. The van der Waals surface area contributed by atoms with E-state index < -0.39 is 10.0 Å². The Morgan fingerprint density at radius 2 is 2.47 bits per heavy atom. The Morgan fingerprint density at radius 1 is 1.71 bits per heavy atom. The molecule has 0 N–H and O–H groups in total. The predicted octanol–water partition coefficient (Wildman–Crippen LogP) is 1.24. The van der Waals surface area contributed by atoms with Crippen LogP contribution in [0, 0.1) is 6.92 Å². The average Bonchev–Trinajstić information content (AvgIpc) is 2.76. The highest BCUT2D eigenvalue weighted by atomic mass is 79.9. The van der Waals surface area contributed by atoms with Crippen molar-refractivity contribution in [1.29, 1.82) is 0 Å². The summed E-state index contributed by atoms with van der Waals surface area (Å²) in [7, 11) is -3.40. The third-order valence-corrected chi connectivity index (χ3v) is 6.40. The van der Waals surface area contributed by atoms with Crippen molar-refractivity contribution in [3.8, 4) is 0 Å². The van der Waals surface area contributed by atoms with E-state index in [0.717, 1.165) is 5.01 Å². The first-order valence-corrected chi connectivity index (χ1v) is 8.52. The molecule has 0 amide bonds. The fourth-order valence-corrected chi connectivity index (χ4v) is 4.70. The standard InChI is InChI=1S/C9H13BrN2O3S2/c1-7-11-5-9(16-7)17(13,14)12-2-3-15-8(4-10)6-12/h5,8H,2-4,6H2,1H3. The lowest BCUT2D eigenvalue weighted by Crippen LogP contribution is -2.45. The summed E-state index contributed by atoms with van der Waals surface area (Å²) in [5, 5.41) is 1.40. The lowest BCUT2D eigenvalue weighted by atomic mass is 10.3. The first kappa shape index (κ1) is 13.4. The molecule has 0 aromatic carbocycles. The van der Waals surface area contributed by atoms with Gasteiger partial charge in [-0.15, -0.1) is 11.3 Å². The van der Waals surface area contributed by atoms with Crippen molar-refractivity contribution < 1.29 is 13.2 Å². The van der Waals surface area contributed by atoms with E-state index in [0.29, 0.717) is 29.2 Å². The van der Waals surface area contributed by atoms with E-state index in [9.17, 15) is 8.42 Å². The maximum absolute atomic E-state index is 12.3. The van der Waals surface area contributed by atoms with Crippen molar-refractivity contribution in [2.75, 3.05) is 25.0 Å². The van der Waals surface area contributed by atoms with Crippen LogP contribution >= 0.6 is 27.3 Å². The zero-order chi connectivity index (χ0) is 12.5. The number of hydrogen-bond donors (Lipinski definition) is 0. The minimum Gasteiger partial charge on any atom is -0.375 e. The van der Waals surface area contributed by atoms with Gasteiger partial charge in [0.2, 0.25) is 0 Å². The summed E-state index contributed by atoms with van der Waals surface area (Å²) in [4.78, 5) is 3.99. The number of morpholine rings is 1. The minimum atomic E-state index is -3.40. The summed E-state index contributed by atoms with van der Waals surface area (Å²) in [6.45, 7) is 3.03. The van der Waals surface area contributed by atoms with Crippen molar-refractivity contribution in [1.82, 2.24) is 9.29 Å². The fraction of sp³-hybridized carbons (Fsp3) is 0.667. The van der Waals surface area contributed by atoms with Crippen LogP contribution in [0.25, 0.3) is 0 Å². The van der Waals surface area contributed by atoms with E-state index in [2.05, 4.69) is 20.9 Å². The molecule has 0 aliphatic carbocycles. The number of hydrogen-bond acceptors (Lipinski definition) is 5. The Bertz CT molecular complexity index is 488. The molecule has 1 aliphatic heterocycles. The van der Waals surface area contributed by atoms with Crippen LogP contribution in [-0.2, 0) is 14.8 Å². The van der Waals surface area contributed by atoms with Gasteiger partial charge in [0.1, 0.15) is 0 Å². The molecule has 1 aliphatic rings. The maximum atomic E-state index is 12.3. The van der Waals surface area contributed by atoms with Crippen molar-refractivity contribution >= 4 is 37.3 Å². The third-order valence-electron chi connectivity index (χ3n) is 2.47. The Labute approximate surface area is 113 Å². The van der Waals surface area contributed by atoms with E-state index in [1.165, 1.54) is 21.8 Å². The summed E-state index contributed by atoms with van der Waals surface area (Å²) in [6.07, 6.45) is 1.35. The van der Waals surface area contributed by atoms with Gasteiger partial charge in [0.05, 0.1) is 23.9 Å². The van der Waals surface area contributed by atoms with Crippen molar-refractivity contribution in [3.63, 3.8) is 0 Å². The van der Waals surface area contributed by atoms with Crippen LogP contribution in [0.15, 0.2) is 10.4 Å². The highest BCUT2D eigenvalue weighted by molar-refractivity contribution is 9.09. The van der Waals surface area contributed by atoms with Gasteiger partial charge >= 0.3 is 0 Å². The van der Waals surface area contributed by atoms with Crippen molar-refractivity contribution in [2.45, 2.75) is 17.2 Å². The summed E-state index contributed by atoms with van der Waals surface area (Å²) in [6, 6.07) is 0. The molecule has 0 spiro atoms. The zero-order valence-corrected chi connectivity index (χ0v) is 12.5. The fourth-order valence-electron chi connectivity index (χ4n) is 1.59. The van der Waals surface area contributed by atoms with Crippen LogP contribution in [0.5, 0.6) is 0 Å². The number of aromatic nitrogens is 1. The van der Waals surface area contributed by atoms with Gasteiger partial charge in [0, 0.05) is 18.4 Å². The first-order chi connectivity index (χ1) is 8.04. The number of alkyl halides is 1. The van der Waals surface area contributed by atoms with E-state index in [-0.39, 0.29) is 6.10 Å². The number of sulfonamides is 1. The highest BCUT2D eigenvalue weighted by Crippen LogP contribution is 2.24. The molecule has 1 aromatic rings. The SMILES string of the molecule is Cc1ncc(S(=O)(=O)N2CCOC(CBr)C2)s1. The molecule has 1 unspecified atom stereocenters. The molecule has 0 saturated carbocycles. The number of thiazole rings is 1. The topological polar surface area (TPSA) is 59.5 Å². The molecule has 96 valence electrons. The lowest BCUT2D eigenvalue weighted by Gasteiger charge is -2.30. The van der Waals surface area contributed by atoms with Crippen LogP contribution in [0.4, 0.5) is 0 Å². The molecule has 2 heterocycles. The van der Waals surface area contributed by atoms with Gasteiger partial charge in [0.15, 0.2) is 4.21 Å². The van der Waals surface area contributed by atoms with Gasteiger partial charge in [-0.25, -0.2) is 13.4 Å². The summed E-state index contributed by atoms with van der Waals surface area (Å²) >= 11 is 4.51. The molecule has 17 heavy (non-hydrogen) atoms. The van der Waals surface area contributed by atoms with E-state index >= 15 is 0 Å². The Hall–Kier alpha value is -0.0200. The number of rotatable bonds is 3. The van der Waals surface area contributed by atoms with Gasteiger partial charge in [-0.3, -0.25) is 0 Å². The van der Waals surface area contributed by atoms with Gasteiger partial charge in [-0.05, 0) is 6.92 Å². The smallest absolute Gasteiger partial charge is 0.254 e. The minimum absolute atomic E-state index is 0.0763. The summed E-state index contributed by atoms with van der Waals surface area (Å²) in [5.41, 5.74) is 0. The summed E-state index contributed by atoms with van der Waals surface area (Å²) in [5.74, 6) is 0. The van der Waals surface area contributed by atoms with Crippen LogP contribution in [-0.4, -0.2) is 48.8 Å². The largest absolute Gasteiger partial charge is 0.375 e. The second-order valence-electron chi connectivity index (χ2n) is 3.71. The second-order valence-corrected chi connectivity index (χ2v) is 7.76. The molecular weight excluding hydrogens is 328 g/mol.